The molecule has 1 unspecified atom stereocenters. The first-order valence-corrected chi connectivity index (χ1v) is 10.9. The summed E-state index contributed by atoms with van der Waals surface area (Å²) < 4.78 is 0. The highest BCUT2D eigenvalue weighted by Crippen LogP contribution is 2.18. The highest BCUT2D eigenvalue weighted by molar-refractivity contribution is 6.33. The fourth-order valence-corrected chi connectivity index (χ4v) is 3.95. The molecule has 0 radical (unpaired) electrons. The maximum absolute atomic E-state index is 13.2. The highest BCUT2D eigenvalue weighted by atomic mass is 35.5. The lowest BCUT2D eigenvalue weighted by molar-refractivity contribution is -0.384. The van der Waals surface area contributed by atoms with E-state index in [0.717, 1.165) is 5.56 Å². The highest BCUT2D eigenvalue weighted by Gasteiger charge is 2.31. The standard InChI is InChI=1S/C23H27ClN4O4/c1-16(2)21(25-22(29)19-8-3-4-9-20(19)24)23(30)27-12-10-26(11-13-27)15-17-6-5-7-18(14-17)28(31)32/h3-9,14,16,21H,10-13,15H2,1-2H3,(H,25,29). The molecule has 2 amide bonds. The Hall–Kier alpha value is -2.97. The Kier molecular flexibility index (Phi) is 7.82. The average molecular weight is 459 g/mol. The molecule has 3 rings (SSSR count). The van der Waals surface area contributed by atoms with Gasteiger partial charge in [0.25, 0.3) is 11.6 Å². The molecule has 1 aliphatic heterocycles. The van der Waals surface area contributed by atoms with Gasteiger partial charge in [0.2, 0.25) is 5.91 Å². The van der Waals surface area contributed by atoms with Crippen LogP contribution in [0.3, 0.4) is 0 Å². The molecule has 0 spiro atoms. The molecule has 1 saturated heterocycles. The van der Waals surface area contributed by atoms with Crippen LogP contribution in [0, 0.1) is 16.0 Å². The van der Waals surface area contributed by atoms with Crippen LogP contribution in [0.5, 0.6) is 0 Å². The molecule has 0 bridgehead atoms. The Labute approximate surface area is 192 Å². The lowest BCUT2D eigenvalue weighted by Crippen LogP contribution is -2.56. The zero-order valence-corrected chi connectivity index (χ0v) is 18.9. The van der Waals surface area contributed by atoms with Gasteiger partial charge in [0.1, 0.15) is 6.04 Å². The molecule has 1 heterocycles. The number of nitro benzene ring substituents is 1. The van der Waals surface area contributed by atoms with Crippen molar-refractivity contribution in [3.63, 3.8) is 0 Å². The summed E-state index contributed by atoms with van der Waals surface area (Å²) in [5.74, 6) is -0.570. The number of piperazine rings is 1. The van der Waals surface area contributed by atoms with Gasteiger partial charge in [-0.15, -0.1) is 0 Å². The smallest absolute Gasteiger partial charge is 0.269 e. The minimum atomic E-state index is -0.651. The quantitative estimate of drug-likeness (QED) is 0.507. The van der Waals surface area contributed by atoms with Crippen LogP contribution in [0.15, 0.2) is 48.5 Å². The largest absolute Gasteiger partial charge is 0.340 e. The summed E-state index contributed by atoms with van der Waals surface area (Å²) in [7, 11) is 0. The van der Waals surface area contributed by atoms with Crippen LogP contribution in [0.1, 0.15) is 29.8 Å². The fraction of sp³-hybridized carbons (Fsp3) is 0.391. The third-order valence-corrected chi connectivity index (χ3v) is 5.88. The van der Waals surface area contributed by atoms with E-state index in [1.54, 1.807) is 41.3 Å². The number of nitro groups is 1. The molecule has 0 aromatic heterocycles. The van der Waals surface area contributed by atoms with Crippen LogP contribution in [-0.4, -0.2) is 58.8 Å². The van der Waals surface area contributed by atoms with Crippen molar-refractivity contribution in [1.29, 1.82) is 0 Å². The monoisotopic (exact) mass is 458 g/mol. The first-order valence-electron chi connectivity index (χ1n) is 10.6. The number of non-ortho nitro benzene ring substituents is 1. The molecule has 2 aromatic carbocycles. The van der Waals surface area contributed by atoms with E-state index in [2.05, 4.69) is 10.2 Å². The zero-order valence-electron chi connectivity index (χ0n) is 18.2. The number of halogens is 1. The lowest BCUT2D eigenvalue weighted by atomic mass is 10.0. The fourth-order valence-electron chi connectivity index (χ4n) is 3.73. The number of nitrogens with zero attached hydrogens (tertiary/aromatic N) is 3. The van der Waals surface area contributed by atoms with Gasteiger partial charge in [-0.25, -0.2) is 0 Å². The number of hydrogen-bond acceptors (Lipinski definition) is 5. The molecule has 32 heavy (non-hydrogen) atoms. The SMILES string of the molecule is CC(C)C(NC(=O)c1ccccc1Cl)C(=O)N1CCN(Cc2cccc([N+](=O)[O-])c2)CC1. The maximum atomic E-state index is 13.2. The van der Waals surface area contributed by atoms with Crippen LogP contribution >= 0.6 is 11.6 Å². The first-order chi connectivity index (χ1) is 15.3. The average Bonchev–Trinajstić information content (AvgIpc) is 2.77. The summed E-state index contributed by atoms with van der Waals surface area (Å²) in [6, 6.07) is 12.7. The van der Waals surface area contributed by atoms with Gasteiger partial charge in [-0.1, -0.05) is 49.7 Å². The van der Waals surface area contributed by atoms with Gasteiger partial charge in [-0.05, 0) is 23.6 Å². The van der Waals surface area contributed by atoms with Crippen molar-refractivity contribution in [2.24, 2.45) is 5.92 Å². The van der Waals surface area contributed by atoms with E-state index < -0.39 is 11.0 Å². The van der Waals surface area contributed by atoms with Crippen molar-refractivity contribution in [3.05, 3.63) is 74.8 Å². The third kappa shape index (κ3) is 5.83. The van der Waals surface area contributed by atoms with E-state index in [-0.39, 0.29) is 23.4 Å². The number of rotatable bonds is 7. The van der Waals surface area contributed by atoms with E-state index in [9.17, 15) is 19.7 Å². The molecular formula is C23H27ClN4O4. The van der Waals surface area contributed by atoms with Crippen molar-refractivity contribution >= 4 is 29.1 Å². The number of benzene rings is 2. The zero-order chi connectivity index (χ0) is 23.3. The molecule has 9 heteroatoms. The van der Waals surface area contributed by atoms with Gasteiger partial charge in [0, 0.05) is 44.9 Å². The summed E-state index contributed by atoms with van der Waals surface area (Å²) in [4.78, 5) is 40.3. The van der Waals surface area contributed by atoms with Crippen molar-refractivity contribution in [1.82, 2.24) is 15.1 Å². The van der Waals surface area contributed by atoms with E-state index >= 15 is 0 Å². The molecule has 1 N–H and O–H groups in total. The summed E-state index contributed by atoms with van der Waals surface area (Å²) in [6.45, 7) is 6.73. The first kappa shape index (κ1) is 23.7. The Bertz CT molecular complexity index is 989. The molecule has 1 fully saturated rings. The van der Waals surface area contributed by atoms with E-state index in [1.165, 1.54) is 6.07 Å². The molecule has 0 saturated carbocycles. The Balaban J connectivity index is 1.59. The molecule has 1 aliphatic rings. The topological polar surface area (TPSA) is 95.8 Å². The van der Waals surface area contributed by atoms with Crippen LogP contribution in [0.4, 0.5) is 5.69 Å². The van der Waals surface area contributed by atoms with E-state index in [1.807, 2.05) is 19.9 Å². The number of nitrogens with one attached hydrogen (secondary N) is 1. The third-order valence-electron chi connectivity index (χ3n) is 5.55. The van der Waals surface area contributed by atoms with Gasteiger partial charge < -0.3 is 10.2 Å². The normalized spacial score (nSPS) is 15.4. The Morgan fingerprint density at radius 3 is 2.41 bits per heavy atom. The van der Waals surface area contributed by atoms with E-state index in [0.29, 0.717) is 43.3 Å². The second-order valence-electron chi connectivity index (χ2n) is 8.20. The van der Waals surface area contributed by atoms with E-state index in [4.69, 9.17) is 11.6 Å². The lowest BCUT2D eigenvalue weighted by Gasteiger charge is -2.37. The molecule has 8 nitrogen and oxygen atoms in total. The summed E-state index contributed by atoms with van der Waals surface area (Å²) in [5, 5.41) is 14.2. The van der Waals surface area contributed by atoms with Gasteiger partial charge in [0.05, 0.1) is 15.5 Å². The summed E-state index contributed by atoms with van der Waals surface area (Å²) in [6.07, 6.45) is 0. The predicted octanol–water partition coefficient (Wildman–Crippen LogP) is 3.35. The molecule has 2 aromatic rings. The van der Waals surface area contributed by atoms with Gasteiger partial charge in [-0.3, -0.25) is 24.6 Å². The van der Waals surface area contributed by atoms with Crippen molar-refractivity contribution in [3.8, 4) is 0 Å². The minimum absolute atomic E-state index is 0.0744. The molecule has 170 valence electrons. The maximum Gasteiger partial charge on any atom is 0.269 e. The summed E-state index contributed by atoms with van der Waals surface area (Å²) in [5.41, 5.74) is 1.28. The molecular weight excluding hydrogens is 432 g/mol. The Morgan fingerprint density at radius 2 is 1.78 bits per heavy atom. The number of carbonyl (C=O) groups is 2. The number of carbonyl (C=O) groups excluding carboxylic acids is 2. The van der Waals surface area contributed by atoms with Crippen molar-refractivity contribution < 1.29 is 14.5 Å². The van der Waals surface area contributed by atoms with Gasteiger partial charge in [0.15, 0.2) is 0 Å². The van der Waals surface area contributed by atoms with Crippen LogP contribution in [-0.2, 0) is 11.3 Å². The second-order valence-corrected chi connectivity index (χ2v) is 8.61. The summed E-state index contributed by atoms with van der Waals surface area (Å²) >= 11 is 6.12. The molecule has 1 atom stereocenters. The predicted molar refractivity (Wildman–Crippen MR) is 122 cm³/mol. The Morgan fingerprint density at radius 1 is 1.09 bits per heavy atom. The van der Waals surface area contributed by atoms with Crippen LogP contribution < -0.4 is 5.32 Å². The van der Waals surface area contributed by atoms with Crippen LogP contribution in [0.25, 0.3) is 0 Å². The molecule has 0 aliphatic carbocycles. The number of hydrogen-bond donors (Lipinski definition) is 1. The minimum Gasteiger partial charge on any atom is -0.340 e. The van der Waals surface area contributed by atoms with Gasteiger partial charge >= 0.3 is 0 Å². The number of amides is 2. The van der Waals surface area contributed by atoms with Crippen LogP contribution in [0.2, 0.25) is 5.02 Å². The van der Waals surface area contributed by atoms with Crippen molar-refractivity contribution in [2.45, 2.75) is 26.4 Å². The van der Waals surface area contributed by atoms with Gasteiger partial charge in [-0.2, -0.15) is 0 Å². The van der Waals surface area contributed by atoms with Crippen molar-refractivity contribution in [2.75, 3.05) is 26.2 Å². The second kappa shape index (κ2) is 10.6.